The summed E-state index contributed by atoms with van der Waals surface area (Å²) >= 11 is 0. The van der Waals surface area contributed by atoms with Gasteiger partial charge in [0.25, 0.3) is 5.56 Å². The highest BCUT2D eigenvalue weighted by molar-refractivity contribution is 5.73. The minimum Gasteiger partial charge on any atom is -0.327 e. The van der Waals surface area contributed by atoms with Crippen LogP contribution in [-0.2, 0) is 0 Å². The quantitative estimate of drug-likeness (QED) is 0.696. The topological polar surface area (TPSA) is 70.7 Å². The van der Waals surface area contributed by atoms with E-state index in [1.165, 1.54) is 6.20 Å². The summed E-state index contributed by atoms with van der Waals surface area (Å²) in [6.45, 7) is 3.80. The molecule has 0 unspecified atom stereocenters. The zero-order valence-electron chi connectivity index (χ0n) is 8.00. The predicted molar refractivity (Wildman–Crippen MR) is 53.6 cm³/mol. The van der Waals surface area contributed by atoms with Crippen molar-refractivity contribution in [2.24, 2.45) is 0 Å². The van der Waals surface area contributed by atoms with Gasteiger partial charge in [-0.15, -0.1) is 0 Å². The first-order valence-corrected chi connectivity index (χ1v) is 4.43. The van der Waals surface area contributed by atoms with Crippen LogP contribution in [0.2, 0.25) is 0 Å². The fourth-order valence-corrected chi connectivity index (χ4v) is 1.58. The first-order valence-electron chi connectivity index (χ1n) is 4.43. The van der Waals surface area contributed by atoms with Crippen molar-refractivity contribution in [3.63, 3.8) is 0 Å². The average molecular weight is 193 g/mol. The molecule has 0 fully saturated rings. The Bertz CT molecular complexity index is 573. The molecule has 0 aliphatic heterocycles. The third-order valence-corrected chi connectivity index (χ3v) is 2.17. The lowest BCUT2D eigenvalue weighted by atomic mass is 10.3. The van der Waals surface area contributed by atoms with Gasteiger partial charge in [0.2, 0.25) is 0 Å². The third-order valence-electron chi connectivity index (χ3n) is 2.17. The van der Waals surface area contributed by atoms with E-state index in [9.17, 15) is 9.59 Å². The predicted octanol–water partition coefficient (Wildman–Crippen LogP) is 0.599. The molecule has 0 aliphatic carbocycles. The fraction of sp³-hybridized carbons (Fsp3) is 0.333. The van der Waals surface area contributed by atoms with Gasteiger partial charge in [-0.2, -0.15) is 0 Å². The van der Waals surface area contributed by atoms with Crippen molar-refractivity contribution in [1.82, 2.24) is 14.5 Å². The van der Waals surface area contributed by atoms with Crippen molar-refractivity contribution in [2.45, 2.75) is 19.9 Å². The second kappa shape index (κ2) is 2.87. The van der Waals surface area contributed by atoms with Gasteiger partial charge in [0.15, 0.2) is 0 Å². The Morgan fingerprint density at radius 1 is 1.36 bits per heavy atom. The lowest BCUT2D eigenvalue weighted by Gasteiger charge is -2.05. The average Bonchev–Trinajstić information content (AvgIpc) is 2.42. The second-order valence-electron chi connectivity index (χ2n) is 3.46. The van der Waals surface area contributed by atoms with Crippen LogP contribution in [-0.4, -0.2) is 14.5 Å². The van der Waals surface area contributed by atoms with Crippen molar-refractivity contribution < 1.29 is 0 Å². The Morgan fingerprint density at radius 2 is 2.07 bits per heavy atom. The van der Waals surface area contributed by atoms with Crippen molar-refractivity contribution in [3.8, 4) is 0 Å². The zero-order valence-corrected chi connectivity index (χ0v) is 8.00. The number of hydrogen-bond donors (Lipinski definition) is 2. The third kappa shape index (κ3) is 1.09. The molecule has 0 saturated heterocycles. The first-order chi connectivity index (χ1) is 6.61. The standard InChI is InChI=1S/C9H11N3O2/c1-5(2)12-6-3-4-10-8(13)7(6)11-9(12)14/h3-5H,1-2H3,(H,10,13)(H,11,14). The van der Waals surface area contributed by atoms with Crippen molar-refractivity contribution in [3.05, 3.63) is 33.1 Å². The van der Waals surface area contributed by atoms with Crippen LogP contribution in [0.1, 0.15) is 19.9 Å². The van der Waals surface area contributed by atoms with E-state index in [-0.39, 0.29) is 17.3 Å². The molecule has 0 amide bonds. The molecule has 0 aliphatic rings. The van der Waals surface area contributed by atoms with Gasteiger partial charge >= 0.3 is 5.69 Å². The lowest BCUT2D eigenvalue weighted by Crippen LogP contribution is -2.18. The summed E-state index contributed by atoms with van der Waals surface area (Å²) in [4.78, 5) is 27.9. The molecule has 5 nitrogen and oxygen atoms in total. The van der Waals surface area contributed by atoms with E-state index in [4.69, 9.17) is 0 Å². The molecule has 0 spiro atoms. The van der Waals surface area contributed by atoms with Gasteiger partial charge in [-0.1, -0.05) is 0 Å². The minimum atomic E-state index is -0.265. The van der Waals surface area contributed by atoms with E-state index in [1.54, 1.807) is 10.6 Å². The molecule has 0 saturated carbocycles. The van der Waals surface area contributed by atoms with Gasteiger partial charge in [-0.05, 0) is 19.9 Å². The molecule has 5 heteroatoms. The van der Waals surface area contributed by atoms with Crippen LogP contribution < -0.4 is 11.2 Å². The highest BCUT2D eigenvalue weighted by Crippen LogP contribution is 2.09. The van der Waals surface area contributed by atoms with Gasteiger partial charge in [0, 0.05) is 12.2 Å². The molecule has 2 N–H and O–H groups in total. The van der Waals surface area contributed by atoms with Crippen molar-refractivity contribution in [1.29, 1.82) is 0 Å². The number of fused-ring (bicyclic) bond motifs is 1. The number of rotatable bonds is 1. The lowest BCUT2D eigenvalue weighted by molar-refractivity contribution is 0.598. The maximum Gasteiger partial charge on any atom is 0.326 e. The maximum atomic E-state index is 11.5. The largest absolute Gasteiger partial charge is 0.327 e. The van der Waals surface area contributed by atoms with Crippen molar-refractivity contribution >= 4 is 11.0 Å². The molecule has 0 aromatic carbocycles. The molecule has 14 heavy (non-hydrogen) atoms. The van der Waals surface area contributed by atoms with E-state index in [1.807, 2.05) is 13.8 Å². The number of nitrogens with one attached hydrogen (secondary N) is 2. The molecule has 0 bridgehead atoms. The van der Waals surface area contributed by atoms with E-state index in [2.05, 4.69) is 9.97 Å². The van der Waals surface area contributed by atoms with Gasteiger partial charge in [-0.3, -0.25) is 9.36 Å². The summed E-state index contributed by atoms with van der Waals surface area (Å²) in [6.07, 6.45) is 1.54. The van der Waals surface area contributed by atoms with Gasteiger partial charge in [-0.25, -0.2) is 4.79 Å². The van der Waals surface area contributed by atoms with E-state index >= 15 is 0 Å². The van der Waals surface area contributed by atoms with Crippen LogP contribution in [0.4, 0.5) is 0 Å². The van der Waals surface area contributed by atoms with Gasteiger partial charge in [0.1, 0.15) is 5.52 Å². The highest BCUT2D eigenvalue weighted by atomic mass is 16.1. The molecule has 2 heterocycles. The Morgan fingerprint density at radius 3 is 2.71 bits per heavy atom. The fourth-order valence-electron chi connectivity index (χ4n) is 1.58. The molecule has 0 atom stereocenters. The van der Waals surface area contributed by atoms with Crippen LogP contribution in [0.3, 0.4) is 0 Å². The highest BCUT2D eigenvalue weighted by Gasteiger charge is 2.10. The summed E-state index contributed by atoms with van der Waals surface area (Å²) in [5.41, 5.74) is 0.477. The SMILES string of the molecule is CC(C)n1c(=O)[nH]c2c(=O)[nH]ccc21. The monoisotopic (exact) mass is 193 g/mol. The maximum absolute atomic E-state index is 11.5. The molecule has 2 aromatic heterocycles. The number of aromatic amines is 2. The summed E-state index contributed by atoms with van der Waals surface area (Å²) in [5.74, 6) is 0. The number of imidazole rings is 1. The van der Waals surface area contributed by atoms with E-state index in [0.717, 1.165) is 0 Å². The molecular formula is C9H11N3O2. The Kier molecular flexibility index (Phi) is 1.80. The molecule has 2 aromatic rings. The number of H-pyrrole nitrogens is 2. The summed E-state index contributed by atoms with van der Waals surface area (Å²) in [7, 11) is 0. The first kappa shape index (κ1) is 8.80. The normalized spacial score (nSPS) is 11.4. The van der Waals surface area contributed by atoms with Crippen LogP contribution in [0, 0.1) is 0 Å². The smallest absolute Gasteiger partial charge is 0.326 e. The minimum absolute atomic E-state index is 0.0399. The zero-order chi connectivity index (χ0) is 10.3. The molecule has 74 valence electrons. The number of hydrogen-bond acceptors (Lipinski definition) is 2. The number of nitrogens with zero attached hydrogens (tertiary/aromatic N) is 1. The van der Waals surface area contributed by atoms with Crippen molar-refractivity contribution in [2.75, 3.05) is 0 Å². The molecule has 0 radical (unpaired) electrons. The number of pyridine rings is 1. The van der Waals surface area contributed by atoms with Crippen LogP contribution in [0.15, 0.2) is 21.9 Å². The van der Waals surface area contributed by atoms with Crippen LogP contribution in [0.5, 0.6) is 0 Å². The molecular weight excluding hydrogens is 182 g/mol. The second-order valence-corrected chi connectivity index (χ2v) is 3.46. The van der Waals surface area contributed by atoms with E-state index < -0.39 is 0 Å². The Labute approximate surface area is 79.4 Å². The van der Waals surface area contributed by atoms with Crippen LogP contribution >= 0.6 is 0 Å². The summed E-state index contributed by atoms with van der Waals surface area (Å²) in [6, 6.07) is 1.76. The molecule has 2 rings (SSSR count). The summed E-state index contributed by atoms with van der Waals surface area (Å²) in [5, 5.41) is 0. The summed E-state index contributed by atoms with van der Waals surface area (Å²) < 4.78 is 1.56. The van der Waals surface area contributed by atoms with Gasteiger partial charge in [0.05, 0.1) is 5.52 Å². The van der Waals surface area contributed by atoms with E-state index in [0.29, 0.717) is 11.0 Å². The van der Waals surface area contributed by atoms with Crippen LogP contribution in [0.25, 0.3) is 11.0 Å². The van der Waals surface area contributed by atoms with Gasteiger partial charge < -0.3 is 9.97 Å². The Balaban J connectivity index is 2.98. The Hall–Kier alpha value is -1.78. The number of aromatic nitrogens is 3.